The van der Waals surface area contributed by atoms with Gasteiger partial charge in [-0.25, -0.2) is 23.4 Å². The van der Waals surface area contributed by atoms with Gasteiger partial charge in [-0.1, -0.05) is 7.43 Å². The number of carbonyl (C=O) groups excluding carboxylic acids is 2. The zero-order chi connectivity index (χ0) is 23.7. The summed E-state index contributed by atoms with van der Waals surface area (Å²) in [5.41, 5.74) is 16.9. The Morgan fingerprint density at radius 1 is 1.00 bits per heavy atom. The number of aliphatic imine (C=N–C) groups is 1. The van der Waals surface area contributed by atoms with Crippen LogP contribution in [0.1, 0.15) is 33.7 Å². The number of fused-ring (bicyclic) bond motifs is 1. The highest BCUT2D eigenvalue weighted by atomic mass is 79.9. The van der Waals surface area contributed by atoms with Gasteiger partial charge in [-0.05, 0) is 24.3 Å². The second-order valence-corrected chi connectivity index (χ2v) is 6.05. The normalized spacial score (nSPS) is 10.4. The number of amidine groups is 1. The van der Waals surface area contributed by atoms with Crippen LogP contribution in [-0.4, -0.2) is 32.0 Å². The van der Waals surface area contributed by atoms with Crippen molar-refractivity contribution in [2.24, 2.45) is 10.7 Å². The lowest BCUT2D eigenvalue weighted by Gasteiger charge is -2.06. The van der Waals surface area contributed by atoms with Crippen LogP contribution in [0.5, 0.6) is 0 Å². The molecule has 2 aromatic rings. The summed E-state index contributed by atoms with van der Waals surface area (Å²) >= 11 is 2.45. The molecule has 0 aromatic heterocycles. The molecule has 1 aliphatic rings. The Balaban J connectivity index is 0.000000525. The number of nitrogens with zero attached hydrogens (tertiary/aromatic N) is 2. The van der Waals surface area contributed by atoms with E-state index in [2.05, 4.69) is 30.4 Å². The van der Waals surface area contributed by atoms with Crippen LogP contribution < -0.4 is 17.2 Å². The van der Waals surface area contributed by atoms with Crippen LogP contribution in [0.2, 0.25) is 0 Å². The van der Waals surface area contributed by atoms with Crippen LogP contribution in [0.4, 0.5) is 25.8 Å². The second kappa shape index (κ2) is 12.9. The molecule has 0 fully saturated rings. The van der Waals surface area contributed by atoms with E-state index >= 15 is 0 Å². The molecule has 0 amide bonds. The van der Waals surface area contributed by atoms with E-state index in [1.54, 1.807) is 4.98 Å². The summed E-state index contributed by atoms with van der Waals surface area (Å²) in [5, 5.41) is 7.24. The van der Waals surface area contributed by atoms with Gasteiger partial charge < -0.3 is 26.7 Å². The summed E-state index contributed by atoms with van der Waals surface area (Å²) in [4.78, 5) is 27.8. The molecule has 0 bridgehead atoms. The van der Waals surface area contributed by atoms with Crippen LogP contribution in [0.25, 0.3) is 0 Å². The van der Waals surface area contributed by atoms with Gasteiger partial charge in [-0.3, -0.25) is 0 Å². The Hall–Kier alpha value is -3.72. The van der Waals surface area contributed by atoms with Gasteiger partial charge in [0, 0.05) is 27.9 Å². The van der Waals surface area contributed by atoms with E-state index in [4.69, 9.17) is 22.5 Å². The van der Waals surface area contributed by atoms with Gasteiger partial charge >= 0.3 is 11.9 Å². The monoisotopic (exact) mass is 513 g/mol. The van der Waals surface area contributed by atoms with Crippen molar-refractivity contribution in [2.75, 3.05) is 25.7 Å². The van der Waals surface area contributed by atoms with Crippen molar-refractivity contribution in [2.45, 2.75) is 13.8 Å². The Morgan fingerprint density at radius 2 is 1.47 bits per heavy atom. The Labute approximate surface area is 191 Å². The van der Waals surface area contributed by atoms with Crippen LogP contribution >= 0.6 is 15.9 Å². The summed E-state index contributed by atoms with van der Waals surface area (Å²) in [6.07, 6.45) is 0.289. The summed E-state index contributed by atoms with van der Waals surface area (Å²) in [7, 11) is 2.48. The topological polar surface area (TPSA) is 167 Å². The molecular weight excluding hydrogens is 492 g/mol. The van der Waals surface area contributed by atoms with E-state index in [-0.39, 0.29) is 36.5 Å². The lowest BCUT2D eigenvalue weighted by atomic mass is 10.0. The minimum Gasteiger partial charge on any atom is -0.465 e. The number of nitrogens with two attached hydrogens (primary N) is 3. The third-order valence-electron chi connectivity index (χ3n) is 3.89. The number of ether oxygens (including phenoxy) is 2. The van der Waals surface area contributed by atoms with E-state index in [1.807, 2.05) is 0 Å². The van der Waals surface area contributed by atoms with Crippen molar-refractivity contribution in [1.29, 1.82) is 5.26 Å². The third kappa shape index (κ3) is 6.64. The van der Waals surface area contributed by atoms with Gasteiger partial charge in [0.1, 0.15) is 28.1 Å². The molecule has 1 aliphatic heterocycles. The molecule has 0 saturated carbocycles. The average molecular weight is 514 g/mol. The summed E-state index contributed by atoms with van der Waals surface area (Å²) in [6, 6.07) is 4.87. The van der Waals surface area contributed by atoms with Gasteiger partial charge in [-0.2, -0.15) is 5.26 Å². The summed E-state index contributed by atoms with van der Waals surface area (Å²) in [5.74, 6) is -1.95. The molecule has 2 aromatic carbocycles. The standard InChI is InChI=1S/C10H9FN2O2.C8H9FN2O2.CBrN.CH4/c1-15-10(14)5-2-3-7(11)9-6(5)4-8(12)13-9;1-13-8(12)4-2-3-5(9)7(11)6(4)10;2-1-3;/h2-3H,4H2,1H3,(H2,12,13);2-3H,10-11H2,1H3;;1H4. The molecule has 0 unspecified atom stereocenters. The first-order valence-corrected chi connectivity index (χ1v) is 9.06. The Morgan fingerprint density at radius 3 is 2.00 bits per heavy atom. The lowest BCUT2D eigenvalue weighted by molar-refractivity contribution is 0.0592. The molecule has 0 aliphatic carbocycles. The quantitative estimate of drug-likeness (QED) is 0.405. The lowest BCUT2D eigenvalue weighted by Crippen LogP contribution is -2.12. The first kappa shape index (κ1) is 28.3. The number of hydrogen-bond donors (Lipinski definition) is 3. The molecule has 32 heavy (non-hydrogen) atoms. The fourth-order valence-electron chi connectivity index (χ4n) is 2.47. The van der Waals surface area contributed by atoms with Crippen LogP contribution in [0.15, 0.2) is 29.3 Å². The van der Waals surface area contributed by atoms with Crippen molar-refractivity contribution in [3.63, 3.8) is 0 Å². The van der Waals surface area contributed by atoms with Crippen molar-refractivity contribution in [3.05, 3.63) is 52.6 Å². The highest BCUT2D eigenvalue weighted by Gasteiger charge is 2.23. The van der Waals surface area contributed by atoms with E-state index in [0.717, 1.165) is 6.07 Å². The van der Waals surface area contributed by atoms with Crippen molar-refractivity contribution < 1.29 is 27.8 Å². The number of halogens is 3. The molecule has 172 valence electrons. The molecule has 9 nitrogen and oxygen atoms in total. The number of nitrogen functional groups attached to an aromatic ring is 2. The van der Waals surface area contributed by atoms with Gasteiger partial charge in [0.25, 0.3) is 0 Å². The molecule has 1 heterocycles. The number of anilines is 2. The van der Waals surface area contributed by atoms with Gasteiger partial charge in [0.15, 0.2) is 0 Å². The highest BCUT2D eigenvalue weighted by molar-refractivity contribution is 9.12. The largest absolute Gasteiger partial charge is 0.465 e. The number of methoxy groups -OCH3 is 2. The predicted octanol–water partition coefficient (Wildman–Crippen LogP) is 3.43. The van der Waals surface area contributed by atoms with Crippen molar-refractivity contribution in [3.8, 4) is 4.98 Å². The number of rotatable bonds is 2. The predicted molar refractivity (Wildman–Crippen MR) is 121 cm³/mol. The van der Waals surface area contributed by atoms with Crippen LogP contribution in [-0.2, 0) is 15.9 Å². The number of esters is 2. The molecule has 0 spiro atoms. The van der Waals surface area contributed by atoms with Crippen LogP contribution in [0, 0.1) is 21.9 Å². The fraction of sp³-hybridized carbons (Fsp3) is 0.200. The maximum absolute atomic E-state index is 13.3. The molecule has 6 N–H and O–H groups in total. The minimum absolute atomic E-state index is 0. The second-order valence-electron chi connectivity index (χ2n) is 5.69. The molecular formula is C20H22BrF2N5O4. The van der Waals surface area contributed by atoms with E-state index in [1.165, 1.54) is 32.4 Å². The zero-order valence-corrected chi connectivity index (χ0v) is 18.0. The minimum atomic E-state index is -0.648. The number of carbonyl (C=O) groups is 2. The number of hydrogen-bond acceptors (Lipinski definition) is 9. The SMILES string of the molecule is C.COC(=O)c1ccc(F)c(N)c1N.COC(=O)c1ccc(F)c2c1CC(N)=N2.N#CBr. The Kier molecular flexibility index (Phi) is 11.4. The highest BCUT2D eigenvalue weighted by Crippen LogP contribution is 2.32. The zero-order valence-electron chi connectivity index (χ0n) is 16.4. The van der Waals surface area contributed by atoms with Crippen molar-refractivity contribution >= 4 is 50.8 Å². The fourth-order valence-corrected chi connectivity index (χ4v) is 2.47. The first-order chi connectivity index (χ1) is 14.6. The average Bonchev–Trinajstić information content (AvgIpc) is 3.14. The maximum Gasteiger partial charge on any atom is 0.340 e. The van der Waals surface area contributed by atoms with E-state index in [9.17, 15) is 18.4 Å². The van der Waals surface area contributed by atoms with Crippen molar-refractivity contribution in [1.82, 2.24) is 0 Å². The third-order valence-corrected chi connectivity index (χ3v) is 3.89. The number of benzene rings is 2. The Bertz CT molecular complexity index is 1070. The molecule has 0 atom stereocenters. The molecule has 0 saturated heterocycles. The summed E-state index contributed by atoms with van der Waals surface area (Å²) < 4.78 is 35.1. The van der Waals surface area contributed by atoms with Gasteiger partial charge in [-0.15, -0.1) is 0 Å². The molecule has 3 rings (SSSR count). The maximum atomic E-state index is 13.3. The smallest absolute Gasteiger partial charge is 0.340 e. The molecule has 0 radical (unpaired) electrons. The van der Waals surface area contributed by atoms with E-state index in [0.29, 0.717) is 17.0 Å². The first-order valence-electron chi connectivity index (χ1n) is 8.27. The van der Waals surface area contributed by atoms with Gasteiger partial charge in [0.05, 0.1) is 36.7 Å². The number of nitriles is 1. The molecule has 12 heteroatoms. The van der Waals surface area contributed by atoms with E-state index < -0.39 is 23.6 Å². The van der Waals surface area contributed by atoms with Gasteiger partial charge in [0.2, 0.25) is 0 Å². The summed E-state index contributed by atoms with van der Waals surface area (Å²) in [6.45, 7) is 0. The van der Waals surface area contributed by atoms with Crippen LogP contribution in [0.3, 0.4) is 0 Å².